The van der Waals surface area contributed by atoms with Gasteiger partial charge in [0.05, 0.1) is 17.9 Å². The quantitative estimate of drug-likeness (QED) is 0.642. The molecule has 0 saturated carbocycles. The maximum absolute atomic E-state index is 13.1. The molecule has 4 N–H and O–H groups in total. The summed E-state index contributed by atoms with van der Waals surface area (Å²) in [5, 5.41) is 5.50. The Morgan fingerprint density at radius 3 is 2.87 bits per heavy atom. The van der Waals surface area contributed by atoms with Crippen molar-refractivity contribution < 1.29 is 15.8 Å². The van der Waals surface area contributed by atoms with E-state index in [9.17, 15) is 14.4 Å². The van der Waals surface area contributed by atoms with Gasteiger partial charge in [-0.15, -0.1) is 0 Å². The number of likely N-dealkylation sites (tertiary alicyclic amines) is 1. The highest BCUT2D eigenvalue weighted by atomic mass is 16.2. The van der Waals surface area contributed by atoms with Gasteiger partial charge in [0.25, 0.3) is 5.91 Å². The molecular weight excluding hydrogens is 394 g/mol. The van der Waals surface area contributed by atoms with Crippen LogP contribution in [0.3, 0.4) is 0 Å². The van der Waals surface area contributed by atoms with Gasteiger partial charge in [-0.3, -0.25) is 14.4 Å². The number of anilines is 2. The van der Waals surface area contributed by atoms with Crippen molar-refractivity contribution in [3.8, 4) is 0 Å². The Balaban J connectivity index is 0.00000289. The minimum Gasteiger partial charge on any atom is -0.383 e. The van der Waals surface area contributed by atoms with E-state index in [1.54, 1.807) is 17.9 Å². The number of fused-ring (bicyclic) bond motifs is 1. The van der Waals surface area contributed by atoms with Crippen LogP contribution in [-0.2, 0) is 16.0 Å². The summed E-state index contributed by atoms with van der Waals surface area (Å²) in [7, 11) is 0. The standard InChI is InChI=1S/C23H27N5O3.H2/c1-13-3-6-19(16-5-4-15-7-8-25-21(29)18(15)10-16)28(12-13)23(31)22(30)27-17-9-14(2)20(24)26-11-17;/h4-5,9-11,13,19H,3,6-8,12H2,1-2H3,(H2,24,26)(H,25,29)(H,27,30);1H/t13-,19+;/m0./s1. The summed E-state index contributed by atoms with van der Waals surface area (Å²) in [6.45, 7) is 4.98. The molecule has 1 aromatic carbocycles. The normalized spacial score (nSPS) is 20.6. The Morgan fingerprint density at radius 1 is 1.29 bits per heavy atom. The van der Waals surface area contributed by atoms with E-state index in [1.807, 2.05) is 18.2 Å². The highest BCUT2D eigenvalue weighted by Gasteiger charge is 2.35. The predicted molar refractivity (Wildman–Crippen MR) is 119 cm³/mol. The molecule has 8 heteroatoms. The molecule has 3 heterocycles. The van der Waals surface area contributed by atoms with Gasteiger partial charge in [0, 0.05) is 20.1 Å². The number of hydrogen-bond donors (Lipinski definition) is 3. The Hall–Kier alpha value is -3.42. The maximum Gasteiger partial charge on any atom is 0.313 e. The van der Waals surface area contributed by atoms with Crippen molar-refractivity contribution in [2.45, 2.75) is 39.2 Å². The first kappa shape index (κ1) is 20.8. The van der Waals surface area contributed by atoms with E-state index in [-0.39, 0.29) is 19.3 Å². The fourth-order valence-electron chi connectivity index (χ4n) is 4.33. The highest BCUT2D eigenvalue weighted by molar-refractivity contribution is 6.39. The number of carbonyl (C=O) groups is 3. The van der Waals surface area contributed by atoms with Gasteiger partial charge in [-0.05, 0) is 60.9 Å². The van der Waals surface area contributed by atoms with E-state index in [2.05, 4.69) is 22.5 Å². The fraction of sp³-hybridized carbons (Fsp3) is 0.391. The smallest absolute Gasteiger partial charge is 0.313 e. The van der Waals surface area contributed by atoms with Crippen LogP contribution in [0.4, 0.5) is 11.5 Å². The molecule has 2 aliphatic heterocycles. The van der Waals surface area contributed by atoms with Gasteiger partial charge in [-0.1, -0.05) is 19.1 Å². The number of nitrogens with zero attached hydrogens (tertiary/aromatic N) is 2. The predicted octanol–water partition coefficient (Wildman–Crippen LogP) is 2.44. The first-order valence-corrected chi connectivity index (χ1v) is 10.6. The van der Waals surface area contributed by atoms with Gasteiger partial charge in [-0.25, -0.2) is 4.98 Å². The average Bonchev–Trinajstić information content (AvgIpc) is 2.76. The second kappa shape index (κ2) is 8.37. The molecule has 1 saturated heterocycles. The lowest BCUT2D eigenvalue weighted by atomic mass is 9.87. The fourth-order valence-corrected chi connectivity index (χ4v) is 4.33. The van der Waals surface area contributed by atoms with Gasteiger partial charge < -0.3 is 21.3 Å². The van der Waals surface area contributed by atoms with Crippen molar-refractivity contribution in [3.05, 3.63) is 52.7 Å². The van der Waals surface area contributed by atoms with Crippen LogP contribution in [-0.4, -0.2) is 40.7 Å². The number of nitrogens with one attached hydrogen (secondary N) is 2. The second-order valence-electron chi connectivity index (χ2n) is 8.46. The molecule has 2 atom stereocenters. The number of pyridine rings is 1. The van der Waals surface area contributed by atoms with Crippen LogP contribution in [0.2, 0.25) is 0 Å². The van der Waals surface area contributed by atoms with Crippen LogP contribution in [0.5, 0.6) is 0 Å². The van der Waals surface area contributed by atoms with Gasteiger partial charge in [0.15, 0.2) is 0 Å². The number of amides is 3. The topological polar surface area (TPSA) is 117 Å². The molecule has 0 spiro atoms. The molecule has 4 rings (SSSR count). The summed E-state index contributed by atoms with van der Waals surface area (Å²) >= 11 is 0. The molecule has 0 radical (unpaired) electrons. The van der Waals surface area contributed by atoms with Crippen LogP contribution >= 0.6 is 0 Å². The van der Waals surface area contributed by atoms with Gasteiger partial charge >= 0.3 is 11.8 Å². The lowest BCUT2D eigenvalue weighted by Crippen LogP contribution is -2.46. The van der Waals surface area contributed by atoms with Gasteiger partial charge in [0.1, 0.15) is 5.82 Å². The summed E-state index contributed by atoms with van der Waals surface area (Å²) in [5.74, 6) is -0.719. The highest BCUT2D eigenvalue weighted by Crippen LogP contribution is 2.34. The molecule has 1 fully saturated rings. The number of hydrogen-bond acceptors (Lipinski definition) is 5. The van der Waals surface area contributed by atoms with E-state index < -0.39 is 11.8 Å². The van der Waals surface area contributed by atoms with Crippen LogP contribution < -0.4 is 16.4 Å². The van der Waals surface area contributed by atoms with Crippen molar-refractivity contribution in [1.29, 1.82) is 0 Å². The van der Waals surface area contributed by atoms with Gasteiger partial charge in [0.2, 0.25) is 0 Å². The van der Waals surface area contributed by atoms with Crippen LogP contribution in [0.25, 0.3) is 0 Å². The Bertz CT molecular complexity index is 1060. The van der Waals surface area contributed by atoms with Crippen molar-refractivity contribution in [2.24, 2.45) is 5.92 Å². The van der Waals surface area contributed by atoms with Crippen molar-refractivity contribution in [2.75, 3.05) is 24.1 Å². The molecule has 31 heavy (non-hydrogen) atoms. The number of aryl methyl sites for hydroxylation is 1. The number of benzene rings is 1. The second-order valence-corrected chi connectivity index (χ2v) is 8.46. The molecule has 164 valence electrons. The summed E-state index contributed by atoms with van der Waals surface area (Å²) < 4.78 is 0. The van der Waals surface area contributed by atoms with Crippen molar-refractivity contribution in [3.63, 3.8) is 0 Å². The minimum absolute atomic E-state index is 0. The van der Waals surface area contributed by atoms with Crippen LogP contribution in [0.15, 0.2) is 30.5 Å². The third-order valence-corrected chi connectivity index (χ3v) is 6.09. The number of carbonyl (C=O) groups excluding carboxylic acids is 3. The molecule has 0 aliphatic carbocycles. The van der Waals surface area contributed by atoms with Crippen LogP contribution in [0, 0.1) is 12.8 Å². The van der Waals surface area contributed by atoms with E-state index in [0.717, 1.165) is 36.0 Å². The first-order chi connectivity index (χ1) is 14.8. The van der Waals surface area contributed by atoms with E-state index >= 15 is 0 Å². The zero-order chi connectivity index (χ0) is 22.1. The number of nitrogen functional groups attached to an aromatic ring is 1. The number of nitrogens with two attached hydrogens (primary N) is 1. The number of aromatic nitrogens is 1. The third-order valence-electron chi connectivity index (χ3n) is 6.09. The largest absolute Gasteiger partial charge is 0.383 e. The molecule has 8 nitrogen and oxygen atoms in total. The van der Waals surface area contributed by atoms with Gasteiger partial charge in [-0.2, -0.15) is 0 Å². The summed E-state index contributed by atoms with van der Waals surface area (Å²) in [4.78, 5) is 43.8. The molecule has 0 bridgehead atoms. The van der Waals surface area contributed by atoms with Crippen molar-refractivity contribution >= 4 is 29.2 Å². The average molecular weight is 424 g/mol. The van der Waals surface area contributed by atoms with E-state index in [0.29, 0.717) is 30.2 Å². The molecule has 0 unspecified atom stereocenters. The zero-order valence-corrected chi connectivity index (χ0v) is 17.8. The summed E-state index contributed by atoms with van der Waals surface area (Å²) in [6, 6.07) is 7.25. The van der Waals surface area contributed by atoms with E-state index in [4.69, 9.17) is 5.73 Å². The SMILES string of the molecule is Cc1cc(NC(=O)C(=O)N2C[C@@H](C)CC[C@@H]2c2ccc3c(c2)C(=O)NCC3)cnc1N.[HH]. The first-order valence-electron chi connectivity index (χ1n) is 10.6. The molecule has 2 aromatic rings. The maximum atomic E-state index is 13.1. The molecule has 1 aromatic heterocycles. The minimum atomic E-state index is -0.708. The van der Waals surface area contributed by atoms with Crippen LogP contribution in [0.1, 0.15) is 54.3 Å². The molecule has 2 aliphatic rings. The monoisotopic (exact) mass is 423 g/mol. The van der Waals surface area contributed by atoms with Crippen molar-refractivity contribution in [1.82, 2.24) is 15.2 Å². The summed E-state index contributed by atoms with van der Waals surface area (Å²) in [5.41, 5.74) is 9.43. The third kappa shape index (κ3) is 4.23. The lowest BCUT2D eigenvalue weighted by Gasteiger charge is -2.39. The Kier molecular flexibility index (Phi) is 5.63. The Morgan fingerprint density at radius 2 is 2.10 bits per heavy atom. The summed E-state index contributed by atoms with van der Waals surface area (Å²) in [6.07, 6.45) is 3.92. The Labute approximate surface area is 182 Å². The number of rotatable bonds is 2. The molecular formula is C23H29N5O3. The molecule has 3 amide bonds. The lowest BCUT2D eigenvalue weighted by molar-refractivity contribution is -0.146. The number of piperidine rings is 1. The zero-order valence-electron chi connectivity index (χ0n) is 17.8. The van der Waals surface area contributed by atoms with E-state index in [1.165, 1.54) is 6.20 Å².